The van der Waals surface area contributed by atoms with E-state index < -0.39 is 0 Å². The van der Waals surface area contributed by atoms with Gasteiger partial charge in [-0.3, -0.25) is 14.6 Å². The smallest absolute Gasteiger partial charge is 0.415 e. The Balaban J connectivity index is 1.44. The van der Waals surface area contributed by atoms with E-state index in [1.807, 2.05) is 25.2 Å². The van der Waals surface area contributed by atoms with Gasteiger partial charge < -0.3 is 9.64 Å². The summed E-state index contributed by atoms with van der Waals surface area (Å²) in [5, 5.41) is 0. The van der Waals surface area contributed by atoms with Gasteiger partial charge in [0.2, 0.25) is 0 Å². The third kappa shape index (κ3) is 2.20. The fraction of sp³-hybridized carbons (Fsp3) is 0.579. The topological polar surface area (TPSA) is 53.1 Å². The Bertz CT molecular complexity index is 756. The second-order valence-corrected chi connectivity index (χ2v) is 7.89. The highest BCUT2D eigenvalue weighted by Gasteiger charge is 2.55. The van der Waals surface area contributed by atoms with Gasteiger partial charge in [0.1, 0.15) is 5.60 Å². The summed E-state index contributed by atoms with van der Waals surface area (Å²) < 4.78 is 5.94. The standard InChI is InChI=1S/C19H23N3O3/c1-20-7-4-13-10-15(2-3-16(13)17(20)23)22-12-19(25-18(22)24)11-21-8-5-14(19)6-9-21/h2-3,10,14H,4-9,11-12H2,1H3/t19-/m1/s1. The number of likely N-dealkylation sites (N-methyl/N-ethyl adjacent to an activating group) is 1. The number of anilines is 1. The molecule has 132 valence electrons. The Labute approximate surface area is 147 Å². The summed E-state index contributed by atoms with van der Waals surface area (Å²) in [4.78, 5) is 30.8. The molecule has 5 heterocycles. The van der Waals surface area contributed by atoms with Crippen molar-refractivity contribution in [2.45, 2.75) is 24.9 Å². The Kier molecular flexibility index (Phi) is 3.17. The number of fused-ring (bicyclic) bond motifs is 3. The van der Waals surface area contributed by atoms with Crippen molar-refractivity contribution in [3.8, 4) is 0 Å². The average Bonchev–Trinajstić information content (AvgIpc) is 2.95. The maximum absolute atomic E-state index is 12.6. The van der Waals surface area contributed by atoms with Gasteiger partial charge in [-0.1, -0.05) is 0 Å². The number of piperidine rings is 3. The number of rotatable bonds is 1. The Morgan fingerprint density at radius 1 is 1.12 bits per heavy atom. The van der Waals surface area contributed by atoms with Gasteiger partial charge in [-0.05, 0) is 56.1 Å². The van der Waals surface area contributed by atoms with E-state index in [2.05, 4.69) is 4.90 Å². The van der Waals surface area contributed by atoms with Crippen LogP contribution in [0.15, 0.2) is 18.2 Å². The van der Waals surface area contributed by atoms with Crippen LogP contribution in [-0.2, 0) is 11.2 Å². The second-order valence-electron chi connectivity index (χ2n) is 7.89. The summed E-state index contributed by atoms with van der Waals surface area (Å²) in [7, 11) is 1.83. The largest absolute Gasteiger partial charge is 0.439 e. The van der Waals surface area contributed by atoms with Gasteiger partial charge in [-0.25, -0.2) is 4.79 Å². The fourth-order valence-corrected chi connectivity index (χ4v) is 4.97. The molecule has 4 fully saturated rings. The van der Waals surface area contributed by atoms with E-state index in [1.54, 1.807) is 9.80 Å². The third-order valence-corrected chi connectivity index (χ3v) is 6.45. The van der Waals surface area contributed by atoms with Crippen LogP contribution in [0, 0.1) is 5.92 Å². The van der Waals surface area contributed by atoms with Crippen LogP contribution in [0.3, 0.4) is 0 Å². The van der Waals surface area contributed by atoms with Crippen molar-refractivity contribution < 1.29 is 14.3 Å². The summed E-state index contributed by atoms with van der Waals surface area (Å²) in [5.41, 5.74) is 2.29. The number of carbonyl (C=O) groups excluding carboxylic acids is 2. The Hall–Kier alpha value is -2.08. The minimum atomic E-state index is -0.348. The lowest BCUT2D eigenvalue weighted by molar-refractivity contribution is -0.0881. The van der Waals surface area contributed by atoms with Gasteiger partial charge in [0.05, 0.1) is 6.54 Å². The molecule has 4 saturated heterocycles. The van der Waals surface area contributed by atoms with Gasteiger partial charge in [0.25, 0.3) is 5.91 Å². The zero-order valence-corrected chi connectivity index (χ0v) is 14.5. The SMILES string of the molecule is CN1CCc2cc(N3C[C@@]4(CN5CCC4CC5)OC3=O)ccc2C1=O. The summed E-state index contributed by atoms with van der Waals surface area (Å²) in [5.74, 6) is 0.532. The molecule has 1 aromatic rings. The van der Waals surface area contributed by atoms with E-state index in [0.29, 0.717) is 12.5 Å². The minimum absolute atomic E-state index is 0.0608. The molecule has 0 aliphatic carbocycles. The number of hydrogen-bond donors (Lipinski definition) is 0. The van der Waals surface area contributed by atoms with Gasteiger partial charge in [-0.2, -0.15) is 0 Å². The van der Waals surface area contributed by atoms with Gasteiger partial charge in [0, 0.05) is 37.3 Å². The van der Waals surface area contributed by atoms with E-state index in [-0.39, 0.29) is 17.6 Å². The molecular weight excluding hydrogens is 318 g/mol. The number of ether oxygens (including phenoxy) is 1. The van der Waals surface area contributed by atoms with Crippen LogP contribution in [-0.4, -0.2) is 67.2 Å². The zero-order chi connectivity index (χ0) is 17.2. The van der Waals surface area contributed by atoms with Crippen LogP contribution in [0.2, 0.25) is 0 Å². The van der Waals surface area contributed by atoms with Crippen molar-refractivity contribution in [1.29, 1.82) is 0 Å². The number of hydrogen-bond acceptors (Lipinski definition) is 4. The summed E-state index contributed by atoms with van der Waals surface area (Å²) in [6.07, 6.45) is 2.82. The lowest BCUT2D eigenvalue weighted by Gasteiger charge is -2.49. The molecule has 25 heavy (non-hydrogen) atoms. The predicted octanol–water partition coefficient (Wildman–Crippen LogP) is 1.74. The van der Waals surface area contributed by atoms with Crippen LogP contribution >= 0.6 is 0 Å². The van der Waals surface area contributed by atoms with E-state index in [9.17, 15) is 9.59 Å². The fourth-order valence-electron chi connectivity index (χ4n) is 4.97. The van der Waals surface area contributed by atoms with Crippen LogP contribution in [0.1, 0.15) is 28.8 Å². The highest BCUT2D eigenvalue weighted by Crippen LogP contribution is 2.43. The highest BCUT2D eigenvalue weighted by molar-refractivity contribution is 5.98. The molecule has 1 atom stereocenters. The molecular formula is C19H23N3O3. The van der Waals surface area contributed by atoms with Crippen LogP contribution < -0.4 is 4.90 Å². The quantitative estimate of drug-likeness (QED) is 0.781. The van der Waals surface area contributed by atoms with E-state index in [0.717, 1.165) is 62.3 Å². The molecule has 0 aromatic heterocycles. The molecule has 6 rings (SSSR count). The van der Waals surface area contributed by atoms with Gasteiger partial charge in [-0.15, -0.1) is 0 Å². The van der Waals surface area contributed by atoms with Gasteiger partial charge in [0.15, 0.2) is 0 Å². The zero-order valence-electron chi connectivity index (χ0n) is 14.5. The number of benzene rings is 1. The van der Waals surface area contributed by atoms with Crippen LogP contribution in [0.4, 0.5) is 10.5 Å². The van der Waals surface area contributed by atoms with Crippen molar-refractivity contribution in [2.75, 3.05) is 44.7 Å². The molecule has 0 N–H and O–H groups in total. The minimum Gasteiger partial charge on any atom is -0.439 e. The lowest BCUT2D eigenvalue weighted by atomic mass is 9.75. The third-order valence-electron chi connectivity index (χ3n) is 6.45. The van der Waals surface area contributed by atoms with E-state index in [1.165, 1.54) is 0 Å². The first kappa shape index (κ1) is 15.2. The lowest BCUT2D eigenvalue weighted by Crippen LogP contribution is -2.61. The maximum atomic E-state index is 12.6. The first-order valence-corrected chi connectivity index (χ1v) is 9.17. The van der Waals surface area contributed by atoms with Crippen LogP contribution in [0.25, 0.3) is 0 Å². The summed E-state index contributed by atoms with van der Waals surface area (Å²) in [6.45, 7) is 4.45. The number of nitrogens with zero attached hydrogens (tertiary/aromatic N) is 3. The van der Waals surface area contributed by atoms with E-state index in [4.69, 9.17) is 4.74 Å². The summed E-state index contributed by atoms with van der Waals surface area (Å²) >= 11 is 0. The number of carbonyl (C=O) groups is 2. The first-order valence-electron chi connectivity index (χ1n) is 9.17. The molecule has 1 spiro atoms. The average molecular weight is 341 g/mol. The Morgan fingerprint density at radius 3 is 2.64 bits per heavy atom. The molecule has 2 amide bonds. The Morgan fingerprint density at radius 2 is 1.92 bits per heavy atom. The maximum Gasteiger partial charge on any atom is 0.415 e. The van der Waals surface area contributed by atoms with Gasteiger partial charge >= 0.3 is 6.09 Å². The summed E-state index contributed by atoms with van der Waals surface area (Å²) in [6, 6.07) is 5.75. The van der Waals surface area contributed by atoms with E-state index >= 15 is 0 Å². The molecule has 6 heteroatoms. The molecule has 5 aliphatic rings. The van der Waals surface area contributed by atoms with Crippen molar-refractivity contribution in [3.05, 3.63) is 29.3 Å². The molecule has 0 saturated carbocycles. The van der Waals surface area contributed by atoms with Crippen molar-refractivity contribution in [3.63, 3.8) is 0 Å². The second kappa shape index (κ2) is 5.21. The molecule has 5 aliphatic heterocycles. The molecule has 0 unspecified atom stereocenters. The predicted molar refractivity (Wildman–Crippen MR) is 92.8 cm³/mol. The monoisotopic (exact) mass is 341 g/mol. The molecule has 2 bridgehead atoms. The first-order chi connectivity index (χ1) is 12.1. The van der Waals surface area contributed by atoms with Crippen molar-refractivity contribution >= 4 is 17.7 Å². The molecule has 6 nitrogen and oxygen atoms in total. The van der Waals surface area contributed by atoms with Crippen molar-refractivity contribution in [2.24, 2.45) is 5.92 Å². The van der Waals surface area contributed by atoms with Crippen molar-refractivity contribution in [1.82, 2.24) is 9.80 Å². The normalized spacial score (nSPS) is 33.8. The molecule has 0 radical (unpaired) electrons. The van der Waals surface area contributed by atoms with Crippen LogP contribution in [0.5, 0.6) is 0 Å². The molecule has 1 aromatic carbocycles. The highest BCUT2D eigenvalue weighted by atomic mass is 16.6. The number of amides is 2.